The van der Waals surface area contributed by atoms with E-state index in [2.05, 4.69) is 35.0 Å². The number of hydrogen-bond donors (Lipinski definition) is 1. The molecule has 1 atom stereocenters. The van der Waals surface area contributed by atoms with Gasteiger partial charge in [0.2, 0.25) is 0 Å². The standard InChI is InChI=1S/C13H26N4/c1-3-6-15-13(12-14)5-7-17-10-8-16(4-2)9-11-17/h13,15H,3-11H2,1-2H3. The van der Waals surface area contributed by atoms with E-state index in [-0.39, 0.29) is 6.04 Å². The van der Waals surface area contributed by atoms with Gasteiger partial charge in [0.25, 0.3) is 0 Å². The minimum atomic E-state index is 0.0270. The maximum Gasteiger partial charge on any atom is 0.0965 e. The fourth-order valence-electron chi connectivity index (χ4n) is 2.17. The Bertz CT molecular complexity index is 228. The van der Waals surface area contributed by atoms with E-state index in [1.165, 1.54) is 13.1 Å². The van der Waals surface area contributed by atoms with Crippen LogP contribution >= 0.6 is 0 Å². The van der Waals surface area contributed by atoms with Crippen molar-refractivity contribution < 1.29 is 0 Å². The number of rotatable bonds is 7. The number of likely N-dealkylation sites (N-methyl/N-ethyl adjacent to an activating group) is 1. The van der Waals surface area contributed by atoms with Gasteiger partial charge in [-0.2, -0.15) is 5.26 Å². The van der Waals surface area contributed by atoms with E-state index in [0.29, 0.717) is 0 Å². The van der Waals surface area contributed by atoms with Gasteiger partial charge in [0.15, 0.2) is 0 Å². The summed E-state index contributed by atoms with van der Waals surface area (Å²) in [6.45, 7) is 12.2. The van der Waals surface area contributed by atoms with E-state index in [9.17, 15) is 0 Å². The molecule has 0 aromatic heterocycles. The first-order valence-corrected chi connectivity index (χ1v) is 6.87. The molecule has 1 heterocycles. The molecule has 1 saturated heterocycles. The summed E-state index contributed by atoms with van der Waals surface area (Å²) in [4.78, 5) is 4.96. The quantitative estimate of drug-likeness (QED) is 0.716. The second-order valence-corrected chi connectivity index (χ2v) is 4.70. The van der Waals surface area contributed by atoms with Gasteiger partial charge < -0.3 is 15.1 Å². The molecule has 0 spiro atoms. The predicted octanol–water partition coefficient (Wildman–Crippen LogP) is 0.906. The smallest absolute Gasteiger partial charge is 0.0965 e. The highest BCUT2D eigenvalue weighted by molar-refractivity contribution is 4.90. The molecule has 0 saturated carbocycles. The third-order valence-corrected chi connectivity index (χ3v) is 3.44. The molecule has 0 aromatic carbocycles. The summed E-state index contributed by atoms with van der Waals surface area (Å²) in [5, 5.41) is 12.3. The summed E-state index contributed by atoms with van der Waals surface area (Å²) in [5.74, 6) is 0. The number of piperazine rings is 1. The minimum Gasteiger partial charge on any atom is -0.302 e. The van der Waals surface area contributed by atoms with Crippen LogP contribution in [0.15, 0.2) is 0 Å². The van der Waals surface area contributed by atoms with Crippen LogP contribution in [0.2, 0.25) is 0 Å². The van der Waals surface area contributed by atoms with Crippen LogP contribution in [0.3, 0.4) is 0 Å². The van der Waals surface area contributed by atoms with Crippen molar-refractivity contribution in [3.05, 3.63) is 0 Å². The summed E-state index contributed by atoms with van der Waals surface area (Å²) in [6.07, 6.45) is 2.04. The maximum atomic E-state index is 9.02. The second-order valence-electron chi connectivity index (χ2n) is 4.70. The van der Waals surface area contributed by atoms with Gasteiger partial charge in [0.1, 0.15) is 0 Å². The van der Waals surface area contributed by atoms with Gasteiger partial charge in [-0.05, 0) is 25.9 Å². The van der Waals surface area contributed by atoms with Crippen LogP contribution in [0.5, 0.6) is 0 Å². The number of nitriles is 1. The van der Waals surface area contributed by atoms with Crippen molar-refractivity contribution in [2.75, 3.05) is 45.8 Å². The molecule has 1 aliphatic rings. The molecular weight excluding hydrogens is 212 g/mol. The average molecular weight is 238 g/mol. The highest BCUT2D eigenvalue weighted by Gasteiger charge is 2.16. The molecule has 4 nitrogen and oxygen atoms in total. The zero-order valence-electron chi connectivity index (χ0n) is 11.3. The monoisotopic (exact) mass is 238 g/mol. The average Bonchev–Trinajstić information content (AvgIpc) is 2.39. The van der Waals surface area contributed by atoms with Crippen molar-refractivity contribution in [3.8, 4) is 6.07 Å². The lowest BCUT2D eigenvalue weighted by Crippen LogP contribution is -2.47. The molecule has 0 aliphatic carbocycles. The topological polar surface area (TPSA) is 42.3 Å². The van der Waals surface area contributed by atoms with Crippen LogP contribution in [-0.2, 0) is 0 Å². The number of nitrogens with one attached hydrogen (secondary N) is 1. The van der Waals surface area contributed by atoms with Crippen molar-refractivity contribution in [2.45, 2.75) is 32.7 Å². The molecule has 0 radical (unpaired) electrons. The normalized spacial score (nSPS) is 20.1. The fraction of sp³-hybridized carbons (Fsp3) is 0.923. The molecule has 0 amide bonds. The van der Waals surface area contributed by atoms with E-state index in [4.69, 9.17) is 5.26 Å². The largest absolute Gasteiger partial charge is 0.302 e. The first kappa shape index (κ1) is 14.4. The third-order valence-electron chi connectivity index (χ3n) is 3.44. The van der Waals surface area contributed by atoms with Crippen molar-refractivity contribution in [1.82, 2.24) is 15.1 Å². The molecule has 0 bridgehead atoms. The number of hydrogen-bond acceptors (Lipinski definition) is 4. The van der Waals surface area contributed by atoms with E-state index in [1.807, 2.05) is 0 Å². The Hall–Kier alpha value is -0.630. The molecule has 98 valence electrons. The van der Waals surface area contributed by atoms with Gasteiger partial charge in [-0.15, -0.1) is 0 Å². The molecule has 1 unspecified atom stereocenters. The summed E-state index contributed by atoms with van der Waals surface area (Å²) >= 11 is 0. The summed E-state index contributed by atoms with van der Waals surface area (Å²) in [6, 6.07) is 2.38. The van der Waals surface area contributed by atoms with Gasteiger partial charge in [-0.25, -0.2) is 0 Å². The third kappa shape index (κ3) is 5.49. The van der Waals surface area contributed by atoms with Crippen LogP contribution < -0.4 is 5.32 Å². The van der Waals surface area contributed by atoms with Crippen molar-refractivity contribution >= 4 is 0 Å². The first-order valence-electron chi connectivity index (χ1n) is 6.87. The molecule has 0 aromatic rings. The van der Waals surface area contributed by atoms with Crippen LogP contribution in [0, 0.1) is 11.3 Å². The van der Waals surface area contributed by atoms with Crippen LogP contribution in [0.4, 0.5) is 0 Å². The van der Waals surface area contributed by atoms with Crippen LogP contribution in [-0.4, -0.2) is 61.7 Å². The van der Waals surface area contributed by atoms with E-state index >= 15 is 0 Å². The predicted molar refractivity (Wildman–Crippen MR) is 70.9 cm³/mol. The van der Waals surface area contributed by atoms with Crippen molar-refractivity contribution in [3.63, 3.8) is 0 Å². The summed E-state index contributed by atoms with van der Waals surface area (Å²) < 4.78 is 0. The second kappa shape index (κ2) is 8.46. The first-order chi connectivity index (χ1) is 8.30. The lowest BCUT2D eigenvalue weighted by atomic mass is 10.2. The van der Waals surface area contributed by atoms with Crippen molar-refractivity contribution in [1.29, 1.82) is 5.26 Å². The summed E-state index contributed by atoms with van der Waals surface area (Å²) in [5.41, 5.74) is 0. The zero-order chi connectivity index (χ0) is 12.5. The minimum absolute atomic E-state index is 0.0270. The highest BCUT2D eigenvalue weighted by atomic mass is 15.3. The Morgan fingerprint density at radius 2 is 1.82 bits per heavy atom. The van der Waals surface area contributed by atoms with Crippen LogP contribution in [0.1, 0.15) is 26.7 Å². The zero-order valence-corrected chi connectivity index (χ0v) is 11.3. The highest BCUT2D eigenvalue weighted by Crippen LogP contribution is 2.03. The van der Waals surface area contributed by atoms with Crippen molar-refractivity contribution in [2.24, 2.45) is 0 Å². The van der Waals surface area contributed by atoms with E-state index in [0.717, 1.165) is 45.6 Å². The van der Waals surface area contributed by atoms with Gasteiger partial charge >= 0.3 is 0 Å². The Kier molecular flexibility index (Phi) is 7.18. The molecule has 4 heteroatoms. The molecule has 17 heavy (non-hydrogen) atoms. The summed E-state index contributed by atoms with van der Waals surface area (Å²) in [7, 11) is 0. The van der Waals surface area contributed by atoms with Gasteiger partial charge in [0, 0.05) is 32.7 Å². The molecular formula is C13H26N4. The Morgan fingerprint density at radius 3 is 2.35 bits per heavy atom. The van der Waals surface area contributed by atoms with E-state index in [1.54, 1.807) is 0 Å². The number of nitrogens with zero attached hydrogens (tertiary/aromatic N) is 3. The SMILES string of the molecule is CCCNC(C#N)CCN1CCN(CC)CC1. The molecule has 1 rings (SSSR count). The Labute approximate surface area is 106 Å². The molecule has 1 fully saturated rings. The molecule has 1 N–H and O–H groups in total. The fourth-order valence-corrected chi connectivity index (χ4v) is 2.17. The van der Waals surface area contributed by atoms with Crippen LogP contribution in [0.25, 0.3) is 0 Å². The van der Waals surface area contributed by atoms with E-state index < -0.39 is 0 Å². The maximum absolute atomic E-state index is 9.02. The van der Waals surface area contributed by atoms with Gasteiger partial charge in [-0.3, -0.25) is 0 Å². The van der Waals surface area contributed by atoms with Gasteiger partial charge in [-0.1, -0.05) is 13.8 Å². The lowest BCUT2D eigenvalue weighted by molar-refractivity contribution is 0.134. The Balaban J connectivity index is 2.15. The van der Waals surface area contributed by atoms with Gasteiger partial charge in [0.05, 0.1) is 12.1 Å². The lowest BCUT2D eigenvalue weighted by Gasteiger charge is -2.34. The molecule has 1 aliphatic heterocycles. The Morgan fingerprint density at radius 1 is 1.18 bits per heavy atom.